The van der Waals surface area contributed by atoms with Gasteiger partial charge in [0, 0.05) is 0 Å². The van der Waals surface area contributed by atoms with Gasteiger partial charge >= 0.3 is 0 Å². The van der Waals surface area contributed by atoms with Crippen molar-refractivity contribution in [3.63, 3.8) is 0 Å². The molecule has 0 aromatic heterocycles. The standard InChI is InChI=1S/C12H14O2/c1-11(13)9-7-5-3-4-6-8-10-12(2)14/h3-10H,1-2H3/b5-3+,6-4+,9-7+,10-8+. The zero-order valence-corrected chi connectivity index (χ0v) is 8.44. The maximum Gasteiger partial charge on any atom is 0.152 e. The quantitative estimate of drug-likeness (QED) is 0.492. The fourth-order valence-electron chi connectivity index (χ4n) is 0.639. The van der Waals surface area contributed by atoms with Crippen molar-refractivity contribution >= 4 is 11.6 Å². The number of ketones is 2. The van der Waals surface area contributed by atoms with Gasteiger partial charge in [0.25, 0.3) is 0 Å². The van der Waals surface area contributed by atoms with Crippen LogP contribution in [0.3, 0.4) is 0 Å². The molecule has 0 atom stereocenters. The van der Waals surface area contributed by atoms with Crippen LogP contribution < -0.4 is 0 Å². The van der Waals surface area contributed by atoms with Gasteiger partial charge in [0.05, 0.1) is 0 Å². The number of carbonyl (C=O) groups is 2. The van der Waals surface area contributed by atoms with Crippen molar-refractivity contribution < 1.29 is 9.59 Å². The lowest BCUT2D eigenvalue weighted by molar-refractivity contribution is -0.113. The Labute approximate surface area is 84.3 Å². The van der Waals surface area contributed by atoms with Gasteiger partial charge in [-0.3, -0.25) is 9.59 Å². The Hall–Kier alpha value is -1.70. The zero-order chi connectivity index (χ0) is 10.8. The minimum Gasteiger partial charge on any atom is -0.295 e. The molecule has 0 aliphatic heterocycles. The molecule has 0 amide bonds. The van der Waals surface area contributed by atoms with Crippen molar-refractivity contribution in [2.45, 2.75) is 13.8 Å². The van der Waals surface area contributed by atoms with Gasteiger partial charge in [0.1, 0.15) is 0 Å². The van der Waals surface area contributed by atoms with E-state index in [0.717, 1.165) is 0 Å². The Morgan fingerprint density at radius 1 is 0.643 bits per heavy atom. The molecule has 0 aromatic carbocycles. The lowest BCUT2D eigenvalue weighted by Gasteiger charge is -1.76. The smallest absolute Gasteiger partial charge is 0.152 e. The molecule has 0 unspecified atom stereocenters. The van der Waals surface area contributed by atoms with E-state index in [4.69, 9.17) is 0 Å². The van der Waals surface area contributed by atoms with Crippen LogP contribution in [0.2, 0.25) is 0 Å². The van der Waals surface area contributed by atoms with Crippen LogP contribution in [0.4, 0.5) is 0 Å². The first-order chi connectivity index (χ1) is 6.63. The monoisotopic (exact) mass is 190 g/mol. The predicted octanol–water partition coefficient (Wildman–Crippen LogP) is 2.39. The summed E-state index contributed by atoms with van der Waals surface area (Å²) in [5, 5.41) is 0. The molecule has 0 bridgehead atoms. The second-order valence-corrected chi connectivity index (χ2v) is 2.71. The van der Waals surface area contributed by atoms with E-state index in [1.54, 1.807) is 36.5 Å². The van der Waals surface area contributed by atoms with Crippen LogP contribution in [0.15, 0.2) is 48.6 Å². The Morgan fingerprint density at radius 3 is 1.21 bits per heavy atom. The lowest BCUT2D eigenvalue weighted by Crippen LogP contribution is -1.77. The van der Waals surface area contributed by atoms with Gasteiger partial charge < -0.3 is 0 Å². The molecular formula is C12H14O2. The van der Waals surface area contributed by atoms with E-state index < -0.39 is 0 Å². The van der Waals surface area contributed by atoms with Crippen LogP contribution in [0.25, 0.3) is 0 Å². The van der Waals surface area contributed by atoms with Crippen LogP contribution in [0, 0.1) is 0 Å². The number of hydrogen-bond donors (Lipinski definition) is 0. The molecule has 0 fully saturated rings. The second-order valence-electron chi connectivity index (χ2n) is 2.71. The zero-order valence-electron chi connectivity index (χ0n) is 8.44. The Kier molecular flexibility index (Phi) is 6.96. The lowest BCUT2D eigenvalue weighted by atomic mass is 10.3. The van der Waals surface area contributed by atoms with Crippen LogP contribution >= 0.6 is 0 Å². The molecule has 2 nitrogen and oxygen atoms in total. The molecule has 0 radical (unpaired) electrons. The van der Waals surface area contributed by atoms with E-state index in [1.165, 1.54) is 26.0 Å². The third-order valence-electron chi connectivity index (χ3n) is 1.22. The fourth-order valence-corrected chi connectivity index (χ4v) is 0.639. The molecule has 0 saturated carbocycles. The number of hydrogen-bond acceptors (Lipinski definition) is 2. The predicted molar refractivity (Wildman–Crippen MR) is 57.9 cm³/mol. The van der Waals surface area contributed by atoms with Crippen LogP contribution in [0.5, 0.6) is 0 Å². The van der Waals surface area contributed by atoms with Crippen LogP contribution in [-0.4, -0.2) is 11.6 Å². The Balaban J connectivity index is 3.82. The van der Waals surface area contributed by atoms with E-state index in [1.807, 2.05) is 0 Å². The number of carbonyl (C=O) groups excluding carboxylic acids is 2. The Morgan fingerprint density at radius 2 is 0.929 bits per heavy atom. The highest BCUT2D eigenvalue weighted by atomic mass is 16.1. The van der Waals surface area contributed by atoms with Crippen molar-refractivity contribution in [1.82, 2.24) is 0 Å². The fraction of sp³-hybridized carbons (Fsp3) is 0.167. The number of allylic oxidation sites excluding steroid dienone is 8. The topological polar surface area (TPSA) is 34.1 Å². The molecule has 0 spiro atoms. The molecule has 0 rings (SSSR count). The highest BCUT2D eigenvalue weighted by Crippen LogP contribution is 1.83. The molecular weight excluding hydrogens is 176 g/mol. The average Bonchev–Trinajstić information content (AvgIpc) is 2.08. The van der Waals surface area contributed by atoms with Gasteiger partial charge in [-0.05, 0) is 26.0 Å². The molecule has 0 aliphatic rings. The first-order valence-corrected chi connectivity index (χ1v) is 4.32. The summed E-state index contributed by atoms with van der Waals surface area (Å²) in [7, 11) is 0. The molecule has 0 aliphatic carbocycles. The Bertz CT molecular complexity index is 272. The summed E-state index contributed by atoms with van der Waals surface area (Å²) in [6.07, 6.45) is 13.4. The van der Waals surface area contributed by atoms with E-state index in [0.29, 0.717) is 0 Å². The highest BCUT2D eigenvalue weighted by molar-refractivity contribution is 5.87. The molecule has 2 heteroatoms. The van der Waals surface area contributed by atoms with Crippen molar-refractivity contribution in [3.8, 4) is 0 Å². The van der Waals surface area contributed by atoms with Gasteiger partial charge in [-0.25, -0.2) is 0 Å². The third kappa shape index (κ3) is 10.3. The van der Waals surface area contributed by atoms with Crippen LogP contribution in [-0.2, 0) is 9.59 Å². The first kappa shape index (κ1) is 12.3. The summed E-state index contributed by atoms with van der Waals surface area (Å²) in [6.45, 7) is 2.99. The molecule has 14 heavy (non-hydrogen) atoms. The maximum absolute atomic E-state index is 10.5. The largest absolute Gasteiger partial charge is 0.295 e. The normalized spacial score (nSPS) is 12.4. The highest BCUT2D eigenvalue weighted by Gasteiger charge is 1.76. The second kappa shape index (κ2) is 7.92. The SMILES string of the molecule is CC(=O)/C=C/C=C/C=C/C=C/C(C)=O. The van der Waals surface area contributed by atoms with Crippen LogP contribution in [0.1, 0.15) is 13.8 Å². The summed E-state index contributed by atoms with van der Waals surface area (Å²) in [5.74, 6) is 0.0465. The summed E-state index contributed by atoms with van der Waals surface area (Å²) in [6, 6.07) is 0. The molecule has 0 heterocycles. The van der Waals surface area contributed by atoms with E-state index in [-0.39, 0.29) is 11.6 Å². The summed E-state index contributed by atoms with van der Waals surface area (Å²) in [4.78, 5) is 20.9. The number of rotatable bonds is 5. The molecule has 0 N–H and O–H groups in total. The van der Waals surface area contributed by atoms with Crippen molar-refractivity contribution in [2.75, 3.05) is 0 Å². The van der Waals surface area contributed by atoms with Crippen molar-refractivity contribution in [1.29, 1.82) is 0 Å². The van der Waals surface area contributed by atoms with Crippen molar-refractivity contribution in [3.05, 3.63) is 48.6 Å². The average molecular weight is 190 g/mol. The van der Waals surface area contributed by atoms with Gasteiger partial charge in [-0.15, -0.1) is 0 Å². The molecule has 0 saturated heterocycles. The minimum absolute atomic E-state index is 0.0232. The maximum atomic E-state index is 10.5. The van der Waals surface area contributed by atoms with Gasteiger partial charge in [-0.1, -0.05) is 36.5 Å². The van der Waals surface area contributed by atoms with E-state index >= 15 is 0 Å². The minimum atomic E-state index is 0.0232. The summed E-state index contributed by atoms with van der Waals surface area (Å²) < 4.78 is 0. The van der Waals surface area contributed by atoms with Gasteiger partial charge in [-0.2, -0.15) is 0 Å². The van der Waals surface area contributed by atoms with E-state index in [2.05, 4.69) is 0 Å². The summed E-state index contributed by atoms with van der Waals surface area (Å²) >= 11 is 0. The molecule has 0 aromatic rings. The van der Waals surface area contributed by atoms with Gasteiger partial charge in [0.2, 0.25) is 0 Å². The summed E-state index contributed by atoms with van der Waals surface area (Å²) in [5.41, 5.74) is 0. The van der Waals surface area contributed by atoms with Gasteiger partial charge in [0.15, 0.2) is 11.6 Å². The molecule has 74 valence electrons. The third-order valence-corrected chi connectivity index (χ3v) is 1.22. The van der Waals surface area contributed by atoms with Crippen molar-refractivity contribution in [2.24, 2.45) is 0 Å². The first-order valence-electron chi connectivity index (χ1n) is 4.32. The van der Waals surface area contributed by atoms with E-state index in [9.17, 15) is 9.59 Å².